The van der Waals surface area contributed by atoms with Gasteiger partial charge in [0.2, 0.25) is 5.91 Å². The van der Waals surface area contributed by atoms with E-state index in [9.17, 15) is 13.2 Å². The Balaban J connectivity index is 1.59. The Morgan fingerprint density at radius 3 is 2.31 bits per heavy atom. The molecule has 1 amide bonds. The van der Waals surface area contributed by atoms with Gasteiger partial charge in [0, 0.05) is 41.6 Å². The van der Waals surface area contributed by atoms with Gasteiger partial charge in [-0.25, -0.2) is 8.42 Å². The third-order valence-corrected chi connectivity index (χ3v) is 8.31. The quantitative estimate of drug-likeness (QED) is 0.317. The number of anilines is 2. The van der Waals surface area contributed by atoms with Gasteiger partial charge in [0.15, 0.2) is 9.84 Å². The molecule has 0 bridgehead atoms. The van der Waals surface area contributed by atoms with Gasteiger partial charge in [0.25, 0.3) is 0 Å². The average molecular weight is 504 g/mol. The molecule has 0 fully saturated rings. The van der Waals surface area contributed by atoms with Crippen LogP contribution in [-0.2, 0) is 26.9 Å². The summed E-state index contributed by atoms with van der Waals surface area (Å²) in [5.74, 6) is -0.296. The summed E-state index contributed by atoms with van der Waals surface area (Å²) >= 11 is 0. The maximum absolute atomic E-state index is 13.4. The minimum Gasteiger partial charge on any atom is -0.372 e. The maximum atomic E-state index is 13.4. The van der Waals surface area contributed by atoms with Crippen molar-refractivity contribution in [3.8, 4) is 0 Å². The number of aryl methyl sites for hydroxylation is 2. The van der Waals surface area contributed by atoms with Crippen LogP contribution in [0.3, 0.4) is 0 Å². The van der Waals surface area contributed by atoms with Crippen molar-refractivity contribution in [1.29, 1.82) is 0 Å². The second-order valence-electron chi connectivity index (χ2n) is 9.04. The third-order valence-electron chi connectivity index (χ3n) is 6.62. The molecule has 3 aromatic carbocycles. The lowest BCUT2D eigenvalue weighted by Crippen LogP contribution is -2.22. The van der Waals surface area contributed by atoms with Crippen LogP contribution in [-0.4, -0.2) is 32.0 Å². The molecule has 1 aromatic heterocycles. The number of benzene rings is 3. The second kappa shape index (κ2) is 10.6. The summed E-state index contributed by atoms with van der Waals surface area (Å²) < 4.78 is 28.6. The van der Waals surface area contributed by atoms with Gasteiger partial charge in [-0.05, 0) is 68.7 Å². The van der Waals surface area contributed by atoms with Gasteiger partial charge in [-0.3, -0.25) is 4.79 Å². The number of para-hydroxylation sites is 1. The molecule has 4 rings (SSSR count). The molecule has 0 spiro atoms. The van der Waals surface area contributed by atoms with Gasteiger partial charge in [-0.2, -0.15) is 0 Å². The van der Waals surface area contributed by atoms with E-state index in [4.69, 9.17) is 0 Å². The Morgan fingerprint density at radius 2 is 1.61 bits per heavy atom. The van der Waals surface area contributed by atoms with E-state index in [1.807, 2.05) is 68.4 Å². The zero-order valence-corrected chi connectivity index (χ0v) is 22.1. The summed E-state index contributed by atoms with van der Waals surface area (Å²) in [6.07, 6.45) is 1.59. The largest absolute Gasteiger partial charge is 0.372 e. The Kier molecular flexibility index (Phi) is 7.50. The summed E-state index contributed by atoms with van der Waals surface area (Å²) in [7, 11) is -3.62. The van der Waals surface area contributed by atoms with Crippen molar-refractivity contribution in [3.05, 3.63) is 89.6 Å². The molecule has 188 valence electrons. The van der Waals surface area contributed by atoms with Crippen molar-refractivity contribution >= 4 is 38.0 Å². The van der Waals surface area contributed by atoms with Crippen molar-refractivity contribution in [3.63, 3.8) is 0 Å². The van der Waals surface area contributed by atoms with Crippen molar-refractivity contribution < 1.29 is 13.2 Å². The minimum atomic E-state index is -3.62. The summed E-state index contributed by atoms with van der Waals surface area (Å²) in [5, 5.41) is 3.62. The highest BCUT2D eigenvalue weighted by atomic mass is 32.2. The van der Waals surface area contributed by atoms with Crippen LogP contribution < -0.4 is 10.2 Å². The lowest BCUT2D eigenvalue weighted by molar-refractivity contribution is -0.116. The average Bonchev–Trinajstić information content (AvgIpc) is 3.22. The van der Waals surface area contributed by atoms with Crippen LogP contribution in [0, 0.1) is 13.8 Å². The molecule has 0 saturated heterocycles. The maximum Gasteiger partial charge on any atom is 0.244 e. The molecule has 36 heavy (non-hydrogen) atoms. The number of fused-ring (bicyclic) bond motifs is 1. The molecule has 4 aromatic rings. The normalized spacial score (nSPS) is 11.6. The second-order valence-corrected chi connectivity index (χ2v) is 11.0. The van der Waals surface area contributed by atoms with E-state index in [0.29, 0.717) is 10.9 Å². The molecule has 0 atom stereocenters. The van der Waals surface area contributed by atoms with E-state index < -0.39 is 9.84 Å². The molecule has 0 aliphatic rings. The molecule has 0 aliphatic heterocycles. The molecule has 0 aliphatic carbocycles. The Morgan fingerprint density at radius 1 is 0.917 bits per heavy atom. The fourth-order valence-electron chi connectivity index (χ4n) is 4.56. The van der Waals surface area contributed by atoms with Gasteiger partial charge in [-0.15, -0.1) is 0 Å². The van der Waals surface area contributed by atoms with Crippen molar-refractivity contribution in [1.82, 2.24) is 4.57 Å². The summed E-state index contributed by atoms with van der Waals surface area (Å²) in [6, 6.07) is 20.8. The van der Waals surface area contributed by atoms with Gasteiger partial charge < -0.3 is 14.8 Å². The van der Waals surface area contributed by atoms with Crippen molar-refractivity contribution in [2.75, 3.05) is 23.3 Å². The van der Waals surface area contributed by atoms with Gasteiger partial charge >= 0.3 is 0 Å². The molecule has 0 unspecified atom stereocenters. The number of aromatic nitrogens is 1. The topological polar surface area (TPSA) is 71.4 Å². The van der Waals surface area contributed by atoms with Gasteiger partial charge in [0.1, 0.15) is 6.54 Å². The molecule has 1 N–H and O–H groups in total. The fraction of sp³-hybridized carbons (Fsp3) is 0.276. The summed E-state index contributed by atoms with van der Waals surface area (Å²) in [4.78, 5) is 15.5. The third kappa shape index (κ3) is 5.31. The molecular weight excluding hydrogens is 470 g/mol. The molecule has 0 saturated carbocycles. The van der Waals surface area contributed by atoms with Crippen LogP contribution in [0.25, 0.3) is 10.9 Å². The monoisotopic (exact) mass is 503 g/mol. The van der Waals surface area contributed by atoms with Crippen LogP contribution in [0.1, 0.15) is 30.5 Å². The van der Waals surface area contributed by atoms with E-state index in [0.717, 1.165) is 41.2 Å². The highest BCUT2D eigenvalue weighted by molar-refractivity contribution is 7.90. The number of amides is 1. The first-order valence-corrected chi connectivity index (χ1v) is 13.9. The van der Waals surface area contributed by atoms with Crippen LogP contribution in [0.4, 0.5) is 11.4 Å². The number of nitrogens with one attached hydrogen (secondary N) is 1. The van der Waals surface area contributed by atoms with Crippen LogP contribution in [0.2, 0.25) is 0 Å². The fourth-order valence-corrected chi connectivity index (χ4v) is 6.25. The lowest BCUT2D eigenvalue weighted by atomic mass is 10.1. The highest BCUT2D eigenvalue weighted by Gasteiger charge is 2.23. The van der Waals surface area contributed by atoms with Crippen LogP contribution >= 0.6 is 0 Å². The van der Waals surface area contributed by atoms with Gasteiger partial charge in [0.05, 0.1) is 10.6 Å². The smallest absolute Gasteiger partial charge is 0.244 e. The SMILES string of the molecule is CCN(CC)c1ccc(NC(=O)Cn2cc(S(=O)(=O)Cc3ccccc3C)c3ccccc32)c(C)c1. The number of rotatable bonds is 9. The molecule has 6 nitrogen and oxygen atoms in total. The van der Waals surface area contributed by atoms with Crippen LogP contribution in [0.5, 0.6) is 0 Å². The van der Waals surface area contributed by atoms with E-state index in [1.165, 1.54) is 0 Å². The number of nitrogens with zero attached hydrogens (tertiary/aromatic N) is 2. The Hall–Kier alpha value is -3.58. The molecule has 1 heterocycles. The predicted octanol–water partition coefficient (Wildman–Crippen LogP) is 5.72. The van der Waals surface area contributed by atoms with Crippen LogP contribution in [0.15, 0.2) is 77.8 Å². The number of sulfone groups is 1. The highest BCUT2D eigenvalue weighted by Crippen LogP contribution is 2.29. The summed E-state index contributed by atoms with van der Waals surface area (Å²) in [6.45, 7) is 9.96. The first-order chi connectivity index (χ1) is 17.2. The van der Waals surface area contributed by atoms with E-state index in [-0.39, 0.29) is 23.1 Å². The van der Waals surface area contributed by atoms with E-state index in [2.05, 4.69) is 30.1 Å². The van der Waals surface area contributed by atoms with Crippen molar-refractivity contribution in [2.45, 2.75) is 44.9 Å². The molecular formula is C29H33N3O3S. The lowest BCUT2D eigenvalue weighted by Gasteiger charge is -2.22. The molecule has 0 radical (unpaired) electrons. The van der Waals surface area contributed by atoms with Crippen molar-refractivity contribution in [2.24, 2.45) is 0 Å². The molecule has 7 heteroatoms. The standard InChI is InChI=1S/C29H33N3O3S/c1-5-31(6-2)24-15-16-26(22(4)17-24)30-29(33)19-32-18-28(25-13-9-10-14-27(25)32)36(34,35)20-23-12-8-7-11-21(23)3/h7-18H,5-6,19-20H2,1-4H3,(H,30,33). The first kappa shape index (κ1) is 25.5. The number of carbonyl (C=O) groups is 1. The minimum absolute atomic E-state index is 0.0115. The first-order valence-electron chi connectivity index (χ1n) is 12.2. The summed E-state index contributed by atoms with van der Waals surface area (Å²) in [5.41, 5.74) is 5.27. The van der Waals surface area contributed by atoms with E-state index in [1.54, 1.807) is 16.8 Å². The Labute approximate surface area is 213 Å². The zero-order chi connectivity index (χ0) is 25.9. The number of hydrogen-bond acceptors (Lipinski definition) is 4. The zero-order valence-electron chi connectivity index (χ0n) is 21.3. The number of hydrogen-bond donors (Lipinski definition) is 1. The number of carbonyl (C=O) groups excluding carboxylic acids is 1. The predicted molar refractivity (Wildman–Crippen MR) is 147 cm³/mol. The Bertz CT molecular complexity index is 1500. The van der Waals surface area contributed by atoms with Gasteiger partial charge in [-0.1, -0.05) is 42.5 Å². The van der Waals surface area contributed by atoms with E-state index >= 15 is 0 Å².